The van der Waals surface area contributed by atoms with Gasteiger partial charge in [0.2, 0.25) is 0 Å². The number of hydrogen-bond donors (Lipinski definition) is 1. The second-order valence-corrected chi connectivity index (χ2v) is 9.93. The molecular formula is C25H26Cl2O3. The van der Waals surface area contributed by atoms with E-state index in [1.165, 1.54) is 0 Å². The molecule has 0 heterocycles. The van der Waals surface area contributed by atoms with Crippen molar-refractivity contribution >= 4 is 34.6 Å². The summed E-state index contributed by atoms with van der Waals surface area (Å²) in [5.74, 6) is 1.26. The van der Waals surface area contributed by atoms with Crippen molar-refractivity contribution in [2.45, 2.75) is 47.0 Å². The van der Waals surface area contributed by atoms with Crippen LogP contribution in [0.25, 0.3) is 5.57 Å². The van der Waals surface area contributed by atoms with Gasteiger partial charge in [-0.2, -0.15) is 0 Å². The molecule has 5 heteroatoms. The van der Waals surface area contributed by atoms with Gasteiger partial charge >= 0.3 is 0 Å². The Balaban J connectivity index is 1.82. The Bertz CT molecular complexity index is 1070. The number of Topliss-reactive ketones (excluding diaryl/α,β-unsaturated/α-hetero) is 1. The quantitative estimate of drug-likeness (QED) is 0.526. The topological polar surface area (TPSA) is 46.5 Å². The van der Waals surface area contributed by atoms with Crippen molar-refractivity contribution in [1.82, 2.24) is 0 Å². The van der Waals surface area contributed by atoms with Crippen LogP contribution in [0.15, 0.2) is 42.2 Å². The number of hydrogen-bond acceptors (Lipinski definition) is 3. The Labute approximate surface area is 187 Å². The molecule has 2 aliphatic rings. The number of fused-ring (bicyclic) bond motifs is 2. The number of rotatable bonds is 4. The van der Waals surface area contributed by atoms with E-state index < -0.39 is 5.41 Å². The molecule has 2 bridgehead atoms. The summed E-state index contributed by atoms with van der Waals surface area (Å²) in [4.78, 5) is 13.7. The van der Waals surface area contributed by atoms with E-state index in [-0.39, 0.29) is 22.9 Å². The van der Waals surface area contributed by atoms with Crippen molar-refractivity contribution in [3.05, 3.63) is 63.3 Å². The fourth-order valence-corrected chi connectivity index (χ4v) is 5.50. The van der Waals surface area contributed by atoms with Crippen LogP contribution >= 0.6 is 23.2 Å². The van der Waals surface area contributed by atoms with Gasteiger partial charge in [0.25, 0.3) is 0 Å². The average molecular weight is 445 g/mol. The predicted molar refractivity (Wildman–Crippen MR) is 122 cm³/mol. The first-order chi connectivity index (χ1) is 14.1. The van der Waals surface area contributed by atoms with Gasteiger partial charge in [0.1, 0.15) is 17.3 Å². The maximum Gasteiger partial charge on any atom is 0.173 e. The van der Waals surface area contributed by atoms with Crippen LogP contribution in [-0.4, -0.2) is 10.9 Å². The number of halogens is 2. The number of ketones is 1. The lowest BCUT2D eigenvalue weighted by molar-refractivity contribution is -0.128. The van der Waals surface area contributed by atoms with E-state index in [1.54, 1.807) is 18.2 Å². The van der Waals surface area contributed by atoms with E-state index >= 15 is 0 Å². The molecule has 30 heavy (non-hydrogen) atoms. The summed E-state index contributed by atoms with van der Waals surface area (Å²) in [6.45, 7) is 8.28. The van der Waals surface area contributed by atoms with Crippen LogP contribution in [-0.2, 0) is 11.2 Å². The van der Waals surface area contributed by atoms with Gasteiger partial charge in [-0.05, 0) is 66.1 Å². The zero-order valence-corrected chi connectivity index (χ0v) is 19.2. The molecule has 0 spiro atoms. The van der Waals surface area contributed by atoms with Crippen LogP contribution < -0.4 is 4.74 Å². The maximum atomic E-state index is 13.7. The Hall–Kier alpha value is -1.97. The lowest BCUT2D eigenvalue weighted by Gasteiger charge is -2.45. The lowest BCUT2D eigenvalue weighted by atomic mass is 9.58. The molecule has 158 valence electrons. The normalized spacial score (nSPS) is 25.0. The third-order valence-electron chi connectivity index (χ3n) is 7.39. The van der Waals surface area contributed by atoms with Gasteiger partial charge in [0, 0.05) is 16.4 Å². The van der Waals surface area contributed by atoms with E-state index in [1.807, 2.05) is 32.0 Å². The molecule has 0 radical (unpaired) electrons. The SMILES string of the molecule is CCc1ccc(Oc2ccc(Cl)cc2Cl)cc1C1=C(O)[C@@H]2CC[C@](C)(C1=O)C2(C)C. The molecule has 3 nitrogen and oxygen atoms in total. The maximum absolute atomic E-state index is 13.7. The van der Waals surface area contributed by atoms with Crippen LogP contribution in [0.1, 0.15) is 51.7 Å². The van der Waals surface area contributed by atoms with Crippen LogP contribution in [0.3, 0.4) is 0 Å². The summed E-state index contributed by atoms with van der Waals surface area (Å²) >= 11 is 12.2. The first-order valence-corrected chi connectivity index (χ1v) is 11.1. The molecule has 0 aromatic heterocycles. The van der Waals surface area contributed by atoms with Gasteiger partial charge in [-0.3, -0.25) is 4.79 Å². The molecule has 0 unspecified atom stereocenters. The van der Waals surface area contributed by atoms with Crippen LogP contribution in [0.5, 0.6) is 11.5 Å². The van der Waals surface area contributed by atoms with Gasteiger partial charge in [-0.1, -0.05) is 57.0 Å². The van der Waals surface area contributed by atoms with Crippen molar-refractivity contribution in [3.63, 3.8) is 0 Å². The van der Waals surface area contributed by atoms with Gasteiger partial charge < -0.3 is 9.84 Å². The molecule has 0 saturated heterocycles. The van der Waals surface area contributed by atoms with Crippen molar-refractivity contribution in [1.29, 1.82) is 0 Å². The minimum absolute atomic E-state index is 0.0183. The first-order valence-electron chi connectivity index (χ1n) is 10.3. The number of carbonyl (C=O) groups excluding carboxylic acids is 1. The minimum atomic E-state index is -0.486. The summed E-state index contributed by atoms with van der Waals surface area (Å²) in [7, 11) is 0. The van der Waals surface area contributed by atoms with Gasteiger partial charge in [-0.15, -0.1) is 0 Å². The van der Waals surface area contributed by atoms with E-state index in [0.29, 0.717) is 27.1 Å². The Morgan fingerprint density at radius 3 is 2.53 bits per heavy atom. The molecule has 0 amide bonds. The largest absolute Gasteiger partial charge is 0.511 e. The van der Waals surface area contributed by atoms with E-state index in [2.05, 4.69) is 13.8 Å². The molecule has 2 aromatic carbocycles. The monoisotopic (exact) mass is 444 g/mol. The fraction of sp³-hybridized carbons (Fsp3) is 0.400. The summed E-state index contributed by atoms with van der Waals surface area (Å²) in [6.07, 6.45) is 2.35. The van der Waals surface area contributed by atoms with E-state index in [0.717, 1.165) is 30.4 Å². The summed E-state index contributed by atoms with van der Waals surface area (Å²) in [6, 6.07) is 10.7. The van der Waals surface area contributed by atoms with E-state index in [4.69, 9.17) is 27.9 Å². The highest BCUT2D eigenvalue weighted by molar-refractivity contribution is 6.35. The van der Waals surface area contributed by atoms with Gasteiger partial charge in [0.15, 0.2) is 5.78 Å². The van der Waals surface area contributed by atoms with Crippen molar-refractivity contribution in [3.8, 4) is 11.5 Å². The molecule has 0 aliphatic heterocycles. The average Bonchev–Trinajstić information content (AvgIpc) is 2.87. The van der Waals surface area contributed by atoms with Gasteiger partial charge in [-0.25, -0.2) is 0 Å². The molecule has 1 N–H and O–H groups in total. The molecule has 1 fully saturated rings. The van der Waals surface area contributed by atoms with Crippen molar-refractivity contribution in [2.24, 2.45) is 16.7 Å². The highest BCUT2D eigenvalue weighted by atomic mass is 35.5. The molecule has 4 rings (SSSR count). The van der Waals surface area contributed by atoms with E-state index in [9.17, 15) is 9.90 Å². The third kappa shape index (κ3) is 3.06. The van der Waals surface area contributed by atoms with Crippen molar-refractivity contribution < 1.29 is 14.6 Å². The number of aliphatic hydroxyl groups excluding tert-OH is 1. The number of carbonyl (C=O) groups is 1. The number of aliphatic hydroxyl groups is 1. The summed E-state index contributed by atoms with van der Waals surface area (Å²) in [5.41, 5.74) is 1.44. The van der Waals surface area contributed by atoms with Gasteiger partial charge in [0.05, 0.1) is 10.6 Å². The Morgan fingerprint density at radius 1 is 1.13 bits per heavy atom. The molecular weight excluding hydrogens is 419 g/mol. The zero-order chi connectivity index (χ0) is 21.8. The summed E-state index contributed by atoms with van der Waals surface area (Å²) < 4.78 is 5.99. The Morgan fingerprint density at radius 2 is 1.87 bits per heavy atom. The number of aryl methyl sites for hydroxylation is 1. The predicted octanol–water partition coefficient (Wildman–Crippen LogP) is 7.64. The smallest absolute Gasteiger partial charge is 0.173 e. The zero-order valence-electron chi connectivity index (χ0n) is 17.7. The number of allylic oxidation sites excluding steroid dienone is 2. The summed E-state index contributed by atoms with van der Waals surface area (Å²) in [5, 5.41) is 12.1. The Kier molecular flexibility index (Phi) is 5.19. The highest BCUT2D eigenvalue weighted by Gasteiger charge is 2.61. The van der Waals surface area contributed by atoms with Crippen LogP contribution in [0.2, 0.25) is 10.0 Å². The first kappa shape index (κ1) is 21.3. The van der Waals surface area contributed by atoms with Crippen LogP contribution in [0.4, 0.5) is 0 Å². The number of benzene rings is 2. The standard InChI is InChI=1S/C25H26Cl2O3/c1-5-14-6-8-16(30-20-9-7-15(26)12-19(20)27)13-17(14)21-22(28)18-10-11-25(4,23(21)29)24(18,2)3/h6-9,12-13,18,28H,5,10-11H2,1-4H3/t18-,25+/m0/s1. The van der Waals surface area contributed by atoms with Crippen molar-refractivity contribution in [2.75, 3.05) is 0 Å². The second kappa shape index (κ2) is 7.32. The second-order valence-electron chi connectivity index (χ2n) is 9.08. The fourth-order valence-electron chi connectivity index (χ4n) is 5.06. The molecule has 2 atom stereocenters. The highest BCUT2D eigenvalue weighted by Crippen LogP contribution is 2.63. The molecule has 1 saturated carbocycles. The number of ether oxygens (including phenoxy) is 1. The van der Waals surface area contributed by atoms with Crippen LogP contribution in [0, 0.1) is 16.7 Å². The molecule has 2 aliphatic carbocycles. The minimum Gasteiger partial charge on any atom is -0.511 e. The lowest BCUT2D eigenvalue weighted by Crippen LogP contribution is -2.45. The third-order valence-corrected chi connectivity index (χ3v) is 7.92. The molecule has 2 aromatic rings.